The molecule has 2 aromatic carbocycles. The Labute approximate surface area is 187 Å². The summed E-state index contributed by atoms with van der Waals surface area (Å²) >= 11 is 0. The first-order chi connectivity index (χ1) is 15.4. The van der Waals surface area contributed by atoms with E-state index in [0.717, 1.165) is 19.5 Å². The smallest absolute Gasteiger partial charge is 0.338 e. The zero-order chi connectivity index (χ0) is 23.1. The molecule has 1 aliphatic rings. The zero-order valence-electron chi connectivity index (χ0n) is 18.6. The summed E-state index contributed by atoms with van der Waals surface area (Å²) in [7, 11) is 4.48. The van der Waals surface area contributed by atoms with Gasteiger partial charge in [-0.1, -0.05) is 0 Å². The van der Waals surface area contributed by atoms with Gasteiger partial charge in [0.15, 0.2) is 17.3 Å². The van der Waals surface area contributed by atoms with Crippen LogP contribution < -0.4 is 14.2 Å². The molecule has 1 aliphatic heterocycles. The standard InChI is InChI=1S/C24H28FNO6/c1-29-21-13-17(14-22(30-2)23(21)31-3)24(28)32-19-10-12-26(15-19)11-4-5-20(27)16-6-8-18(25)9-7-16/h6-9,13-14,19H,4-5,10-12,15H2,1-3H3/t19-/m0/s1. The van der Waals surface area contributed by atoms with Crippen molar-refractivity contribution >= 4 is 11.8 Å². The van der Waals surface area contributed by atoms with Crippen LogP contribution in [-0.2, 0) is 4.74 Å². The van der Waals surface area contributed by atoms with Crippen molar-refractivity contribution in [2.24, 2.45) is 0 Å². The van der Waals surface area contributed by atoms with Crippen molar-refractivity contribution in [3.8, 4) is 17.2 Å². The van der Waals surface area contributed by atoms with Crippen LogP contribution in [0.1, 0.15) is 40.0 Å². The Morgan fingerprint density at radius 1 is 1.00 bits per heavy atom. The summed E-state index contributed by atoms with van der Waals surface area (Å²) in [6, 6.07) is 8.73. The van der Waals surface area contributed by atoms with Crippen molar-refractivity contribution in [3.63, 3.8) is 0 Å². The van der Waals surface area contributed by atoms with E-state index < -0.39 is 5.97 Å². The average Bonchev–Trinajstić information content (AvgIpc) is 3.25. The average molecular weight is 445 g/mol. The van der Waals surface area contributed by atoms with Crippen LogP contribution >= 0.6 is 0 Å². The van der Waals surface area contributed by atoms with E-state index >= 15 is 0 Å². The predicted octanol–water partition coefficient (Wildman–Crippen LogP) is 3.75. The molecule has 0 amide bonds. The van der Waals surface area contributed by atoms with Gasteiger partial charge in [0.05, 0.1) is 26.9 Å². The first-order valence-corrected chi connectivity index (χ1v) is 10.5. The molecule has 0 spiro atoms. The van der Waals surface area contributed by atoms with E-state index in [0.29, 0.717) is 47.8 Å². The molecule has 7 nitrogen and oxygen atoms in total. The van der Waals surface area contributed by atoms with Gasteiger partial charge < -0.3 is 18.9 Å². The van der Waals surface area contributed by atoms with Crippen molar-refractivity contribution < 1.29 is 32.9 Å². The van der Waals surface area contributed by atoms with Crippen molar-refractivity contribution in [2.45, 2.75) is 25.4 Å². The zero-order valence-corrected chi connectivity index (χ0v) is 18.6. The lowest BCUT2D eigenvalue weighted by atomic mass is 10.1. The summed E-state index contributed by atoms with van der Waals surface area (Å²) in [5.41, 5.74) is 0.841. The van der Waals surface area contributed by atoms with Gasteiger partial charge in [-0.3, -0.25) is 9.69 Å². The molecule has 8 heteroatoms. The highest BCUT2D eigenvalue weighted by Crippen LogP contribution is 2.38. The summed E-state index contributed by atoms with van der Waals surface area (Å²) in [4.78, 5) is 27.0. The number of halogens is 1. The fourth-order valence-corrected chi connectivity index (χ4v) is 3.76. The highest BCUT2D eigenvalue weighted by atomic mass is 19.1. The Morgan fingerprint density at radius 3 is 2.25 bits per heavy atom. The number of carbonyl (C=O) groups is 2. The molecule has 0 bridgehead atoms. The van der Waals surface area contributed by atoms with Gasteiger partial charge >= 0.3 is 5.97 Å². The minimum atomic E-state index is -0.456. The van der Waals surface area contributed by atoms with Crippen LogP contribution in [0.2, 0.25) is 0 Å². The van der Waals surface area contributed by atoms with Crippen molar-refractivity contribution in [1.29, 1.82) is 0 Å². The lowest BCUT2D eigenvalue weighted by Crippen LogP contribution is -2.26. The highest BCUT2D eigenvalue weighted by Gasteiger charge is 2.27. The first kappa shape index (κ1) is 23.5. The largest absolute Gasteiger partial charge is 0.493 e. The van der Waals surface area contributed by atoms with Crippen LogP contribution in [0.15, 0.2) is 36.4 Å². The molecule has 1 heterocycles. The maximum absolute atomic E-state index is 13.0. The number of benzene rings is 2. The van der Waals surface area contributed by atoms with Gasteiger partial charge in [0.2, 0.25) is 5.75 Å². The normalized spacial score (nSPS) is 15.9. The Balaban J connectivity index is 1.49. The molecule has 0 aliphatic carbocycles. The third-order valence-electron chi connectivity index (χ3n) is 5.45. The SMILES string of the molecule is COc1cc(C(=O)O[C@H]2CCN(CCCC(=O)c3ccc(F)cc3)C2)cc(OC)c1OC. The quantitative estimate of drug-likeness (QED) is 0.407. The third-order valence-corrected chi connectivity index (χ3v) is 5.45. The lowest BCUT2D eigenvalue weighted by Gasteiger charge is -2.17. The van der Waals surface area contributed by atoms with Crippen LogP contribution in [0.3, 0.4) is 0 Å². The number of esters is 1. The van der Waals surface area contributed by atoms with Crippen LogP contribution in [0, 0.1) is 5.82 Å². The number of nitrogens with zero attached hydrogens (tertiary/aromatic N) is 1. The molecule has 0 N–H and O–H groups in total. The Kier molecular flexibility index (Phi) is 8.05. The Hall–Kier alpha value is -3.13. The van der Waals surface area contributed by atoms with Gasteiger partial charge in [0, 0.05) is 25.1 Å². The van der Waals surface area contributed by atoms with Gasteiger partial charge in [-0.25, -0.2) is 9.18 Å². The van der Waals surface area contributed by atoms with Crippen LogP contribution in [0.25, 0.3) is 0 Å². The number of hydrogen-bond donors (Lipinski definition) is 0. The second-order valence-electron chi connectivity index (χ2n) is 7.56. The molecular formula is C24H28FNO6. The van der Waals surface area contributed by atoms with Gasteiger partial charge in [0.25, 0.3) is 0 Å². The number of ketones is 1. The molecule has 1 saturated heterocycles. The molecule has 0 aromatic heterocycles. The molecule has 3 rings (SSSR count). The Morgan fingerprint density at radius 2 is 1.66 bits per heavy atom. The first-order valence-electron chi connectivity index (χ1n) is 10.5. The summed E-state index contributed by atoms with van der Waals surface area (Å²) in [5.74, 6) is 0.368. The molecule has 172 valence electrons. The molecule has 1 fully saturated rings. The number of Topliss-reactive ketones (excluding diaryl/α,β-unsaturated/α-hetero) is 1. The monoisotopic (exact) mass is 445 g/mol. The molecule has 0 unspecified atom stereocenters. The minimum Gasteiger partial charge on any atom is -0.493 e. The number of ether oxygens (including phenoxy) is 4. The molecule has 0 radical (unpaired) electrons. The number of carbonyl (C=O) groups excluding carboxylic acids is 2. The maximum atomic E-state index is 13.0. The molecule has 1 atom stereocenters. The van der Waals surface area contributed by atoms with Gasteiger partial charge in [-0.05, 0) is 55.8 Å². The fraction of sp³-hybridized carbons (Fsp3) is 0.417. The Bertz CT molecular complexity index is 921. The summed E-state index contributed by atoms with van der Waals surface area (Å²) in [6.45, 7) is 2.13. The maximum Gasteiger partial charge on any atom is 0.338 e. The molecule has 0 saturated carbocycles. The van der Waals surface area contributed by atoms with Crippen molar-refractivity contribution in [3.05, 3.63) is 53.3 Å². The van der Waals surface area contributed by atoms with Crippen LogP contribution in [0.5, 0.6) is 17.2 Å². The summed E-state index contributed by atoms with van der Waals surface area (Å²) in [5, 5.41) is 0. The van der Waals surface area contributed by atoms with E-state index in [1.807, 2.05) is 0 Å². The van der Waals surface area contributed by atoms with Crippen LogP contribution in [-0.4, -0.2) is 63.7 Å². The minimum absolute atomic E-state index is 0.00502. The number of methoxy groups -OCH3 is 3. The topological polar surface area (TPSA) is 74.3 Å². The predicted molar refractivity (Wildman–Crippen MR) is 116 cm³/mol. The van der Waals surface area contributed by atoms with Gasteiger partial charge in [0.1, 0.15) is 11.9 Å². The van der Waals surface area contributed by atoms with E-state index in [2.05, 4.69) is 4.90 Å². The number of rotatable bonds is 10. The van der Waals surface area contributed by atoms with Crippen LogP contribution in [0.4, 0.5) is 4.39 Å². The lowest BCUT2D eigenvalue weighted by molar-refractivity contribution is 0.0321. The number of likely N-dealkylation sites (tertiary alicyclic amines) is 1. The fourth-order valence-electron chi connectivity index (χ4n) is 3.76. The third kappa shape index (κ3) is 5.76. The highest BCUT2D eigenvalue weighted by molar-refractivity contribution is 5.96. The van der Waals surface area contributed by atoms with Crippen molar-refractivity contribution in [2.75, 3.05) is 41.0 Å². The van der Waals surface area contributed by atoms with Gasteiger partial charge in [-0.2, -0.15) is 0 Å². The van der Waals surface area contributed by atoms with E-state index in [9.17, 15) is 14.0 Å². The number of hydrogen-bond acceptors (Lipinski definition) is 7. The summed E-state index contributed by atoms with van der Waals surface area (Å²) in [6.07, 6.45) is 1.57. The second-order valence-corrected chi connectivity index (χ2v) is 7.56. The second kappa shape index (κ2) is 10.9. The van der Waals surface area contributed by atoms with E-state index in [-0.39, 0.29) is 17.7 Å². The van der Waals surface area contributed by atoms with Gasteiger partial charge in [-0.15, -0.1) is 0 Å². The summed E-state index contributed by atoms with van der Waals surface area (Å²) < 4.78 is 34.5. The molecule has 32 heavy (non-hydrogen) atoms. The van der Waals surface area contributed by atoms with E-state index in [1.165, 1.54) is 45.6 Å². The van der Waals surface area contributed by atoms with E-state index in [1.54, 1.807) is 12.1 Å². The molecular weight excluding hydrogens is 417 g/mol. The van der Waals surface area contributed by atoms with E-state index in [4.69, 9.17) is 18.9 Å². The molecule has 2 aromatic rings. The van der Waals surface area contributed by atoms with Crippen molar-refractivity contribution in [1.82, 2.24) is 4.90 Å².